The quantitative estimate of drug-likeness (QED) is 0.371. The number of aliphatic carboxylic acids is 1. The summed E-state index contributed by atoms with van der Waals surface area (Å²) in [5, 5.41) is 23.7. The van der Waals surface area contributed by atoms with Gasteiger partial charge in [0.25, 0.3) is 5.91 Å². The molecule has 0 aliphatic heterocycles. The number of carboxylic acids is 1. The average Bonchev–Trinajstić information content (AvgIpc) is 2.99. The first-order valence-corrected chi connectivity index (χ1v) is 11.6. The van der Waals surface area contributed by atoms with Crippen molar-refractivity contribution in [3.63, 3.8) is 0 Å². The Balaban J connectivity index is 0.000000319. The summed E-state index contributed by atoms with van der Waals surface area (Å²) in [5.41, 5.74) is 4.24. The Morgan fingerprint density at radius 3 is 2.50 bits per heavy atom. The van der Waals surface area contributed by atoms with E-state index in [-0.39, 0.29) is 18.2 Å². The fraction of sp³-hybridized carbons (Fsp3) is 0.207. The molecule has 0 aromatic heterocycles. The molecular weight excluding hydrogens is 456 g/mol. The van der Waals surface area contributed by atoms with Crippen LogP contribution in [0.5, 0.6) is 0 Å². The van der Waals surface area contributed by atoms with Gasteiger partial charge in [-0.1, -0.05) is 54.6 Å². The number of anilines is 2. The first-order valence-electron chi connectivity index (χ1n) is 11.6. The highest BCUT2D eigenvalue weighted by molar-refractivity contribution is 6.09. The predicted molar refractivity (Wildman–Crippen MR) is 143 cm³/mol. The Hall–Kier alpha value is -4.39. The molecule has 2 amide bonds. The number of aliphatic hydroxyl groups excluding tert-OH is 1. The summed E-state index contributed by atoms with van der Waals surface area (Å²) in [6.45, 7) is 5.33. The van der Waals surface area contributed by atoms with Crippen LogP contribution in [0.25, 0.3) is 0 Å². The normalized spacial score (nSPS) is 12.8. The molecule has 0 unspecified atom stereocenters. The van der Waals surface area contributed by atoms with Gasteiger partial charge >= 0.3 is 5.97 Å². The van der Waals surface area contributed by atoms with Crippen molar-refractivity contribution >= 4 is 29.2 Å². The third-order valence-electron chi connectivity index (χ3n) is 5.16. The summed E-state index contributed by atoms with van der Waals surface area (Å²) in [7, 11) is 0. The number of benzene rings is 2. The molecule has 0 spiro atoms. The number of carbonyl (C=O) groups excluding carboxylic acids is 2. The maximum Gasteiger partial charge on any atom is 0.303 e. The lowest BCUT2D eigenvalue weighted by atomic mass is 10.1. The molecule has 1 aliphatic rings. The molecule has 2 aromatic carbocycles. The van der Waals surface area contributed by atoms with Crippen molar-refractivity contribution < 1.29 is 24.6 Å². The number of hydrogen-bond acceptors (Lipinski definition) is 4. The minimum absolute atomic E-state index is 0.0305. The molecule has 188 valence electrons. The highest BCUT2D eigenvalue weighted by atomic mass is 16.4. The third-order valence-corrected chi connectivity index (χ3v) is 5.16. The highest BCUT2D eigenvalue weighted by Crippen LogP contribution is 2.20. The van der Waals surface area contributed by atoms with Crippen LogP contribution in [0.15, 0.2) is 95.8 Å². The Kier molecular flexibility index (Phi) is 10.9. The maximum absolute atomic E-state index is 12.4. The number of amides is 2. The lowest BCUT2D eigenvalue weighted by Crippen LogP contribution is -2.16. The number of aryl methyl sites for hydroxylation is 1. The minimum atomic E-state index is -0.867. The van der Waals surface area contributed by atoms with E-state index in [9.17, 15) is 19.5 Å². The Labute approximate surface area is 211 Å². The van der Waals surface area contributed by atoms with Crippen molar-refractivity contribution in [2.75, 3.05) is 10.6 Å². The molecule has 3 rings (SSSR count). The van der Waals surface area contributed by atoms with E-state index >= 15 is 0 Å². The van der Waals surface area contributed by atoms with Gasteiger partial charge in [-0.3, -0.25) is 14.4 Å². The molecule has 0 fully saturated rings. The third kappa shape index (κ3) is 9.10. The molecule has 7 heteroatoms. The van der Waals surface area contributed by atoms with E-state index in [1.807, 2.05) is 50.3 Å². The van der Waals surface area contributed by atoms with Crippen LogP contribution in [0.3, 0.4) is 0 Å². The Morgan fingerprint density at radius 2 is 1.81 bits per heavy atom. The molecule has 0 saturated heterocycles. The number of carboxylic acid groups (broad SMARTS) is 1. The Morgan fingerprint density at radius 1 is 1.06 bits per heavy atom. The SMILES string of the molecule is C/C=C\C1=C(O)CC=CC=C1C.CC(=O)Nc1ccccc1C(=O)Nc1cccc(CCC(=O)O)c1. The van der Waals surface area contributed by atoms with Gasteiger partial charge in [0.15, 0.2) is 0 Å². The van der Waals surface area contributed by atoms with E-state index in [0.717, 1.165) is 16.7 Å². The van der Waals surface area contributed by atoms with Gasteiger partial charge < -0.3 is 20.8 Å². The molecule has 0 heterocycles. The monoisotopic (exact) mass is 488 g/mol. The standard InChI is InChI=1S/C18H18N2O4.C11H14O/c1-12(21)19-16-8-3-2-7-15(16)18(24)20-14-6-4-5-13(11-14)9-10-17(22)23;1-3-6-10-9(2)7-4-5-8-11(10)12/h2-8,11H,9-10H2,1H3,(H,19,21)(H,20,24)(H,22,23);3-7,12H,8H2,1-2H3/b;6-3-. The van der Waals surface area contributed by atoms with Crippen LogP contribution in [-0.4, -0.2) is 28.0 Å². The lowest BCUT2D eigenvalue weighted by molar-refractivity contribution is -0.137. The maximum atomic E-state index is 12.4. The number of carbonyl (C=O) groups is 3. The number of hydrogen-bond donors (Lipinski definition) is 4. The number of allylic oxidation sites excluding steroid dienone is 7. The first-order chi connectivity index (χ1) is 17.2. The van der Waals surface area contributed by atoms with Crippen LogP contribution < -0.4 is 10.6 Å². The van der Waals surface area contributed by atoms with Crippen LogP contribution in [0.2, 0.25) is 0 Å². The lowest BCUT2D eigenvalue weighted by Gasteiger charge is -2.11. The molecule has 0 bridgehead atoms. The smallest absolute Gasteiger partial charge is 0.303 e. The topological polar surface area (TPSA) is 116 Å². The van der Waals surface area contributed by atoms with Gasteiger partial charge in [0.1, 0.15) is 5.76 Å². The van der Waals surface area contributed by atoms with Gasteiger partial charge in [-0.15, -0.1) is 0 Å². The van der Waals surface area contributed by atoms with E-state index in [2.05, 4.69) is 10.6 Å². The van der Waals surface area contributed by atoms with Crippen molar-refractivity contribution in [1.82, 2.24) is 0 Å². The molecule has 1 aliphatic carbocycles. The van der Waals surface area contributed by atoms with Gasteiger partial charge in [0.05, 0.1) is 11.3 Å². The Bertz CT molecular complexity index is 1220. The van der Waals surface area contributed by atoms with Gasteiger partial charge in [-0.2, -0.15) is 0 Å². The van der Waals surface area contributed by atoms with Gasteiger partial charge in [0.2, 0.25) is 5.91 Å². The summed E-state index contributed by atoms with van der Waals surface area (Å²) in [6, 6.07) is 13.7. The van der Waals surface area contributed by atoms with Crippen LogP contribution in [0, 0.1) is 0 Å². The largest absolute Gasteiger partial charge is 0.511 e. The minimum Gasteiger partial charge on any atom is -0.511 e. The second-order valence-electron chi connectivity index (χ2n) is 8.12. The zero-order valence-corrected chi connectivity index (χ0v) is 20.7. The molecule has 0 atom stereocenters. The summed E-state index contributed by atoms with van der Waals surface area (Å²) < 4.78 is 0. The fourth-order valence-electron chi connectivity index (χ4n) is 3.45. The number of nitrogens with one attached hydrogen (secondary N) is 2. The first kappa shape index (κ1) is 27.9. The second kappa shape index (κ2) is 14.1. The molecule has 36 heavy (non-hydrogen) atoms. The highest BCUT2D eigenvalue weighted by Gasteiger charge is 2.12. The zero-order valence-electron chi connectivity index (χ0n) is 20.7. The van der Waals surface area contributed by atoms with Crippen molar-refractivity contribution in [3.8, 4) is 0 Å². The van der Waals surface area contributed by atoms with Gasteiger partial charge in [0, 0.05) is 31.0 Å². The summed E-state index contributed by atoms with van der Waals surface area (Å²) in [4.78, 5) is 34.3. The molecule has 0 saturated carbocycles. The van der Waals surface area contributed by atoms with Crippen molar-refractivity contribution in [1.29, 1.82) is 0 Å². The van der Waals surface area contributed by atoms with Crippen molar-refractivity contribution in [3.05, 3.63) is 107 Å². The van der Waals surface area contributed by atoms with Crippen LogP contribution >= 0.6 is 0 Å². The van der Waals surface area contributed by atoms with E-state index in [0.29, 0.717) is 35.5 Å². The molecule has 0 radical (unpaired) electrons. The molecular formula is C29H32N2O5. The number of para-hydroxylation sites is 1. The van der Waals surface area contributed by atoms with Gasteiger partial charge in [-0.05, 0) is 55.7 Å². The number of rotatable bonds is 7. The van der Waals surface area contributed by atoms with Gasteiger partial charge in [-0.25, -0.2) is 0 Å². The van der Waals surface area contributed by atoms with E-state index < -0.39 is 5.97 Å². The van der Waals surface area contributed by atoms with Crippen LogP contribution in [0.1, 0.15) is 49.5 Å². The summed E-state index contributed by atoms with van der Waals surface area (Å²) in [6.07, 6.45) is 10.9. The van der Waals surface area contributed by atoms with Crippen LogP contribution in [-0.2, 0) is 16.0 Å². The molecule has 2 aromatic rings. The zero-order chi connectivity index (χ0) is 26.5. The molecule has 4 N–H and O–H groups in total. The van der Waals surface area contributed by atoms with E-state index in [4.69, 9.17) is 5.11 Å². The summed E-state index contributed by atoms with van der Waals surface area (Å²) in [5.74, 6) is -1.02. The molecule has 7 nitrogen and oxygen atoms in total. The van der Waals surface area contributed by atoms with Crippen molar-refractivity contribution in [2.45, 2.75) is 40.0 Å². The number of aliphatic hydroxyl groups is 1. The van der Waals surface area contributed by atoms with Crippen LogP contribution in [0.4, 0.5) is 11.4 Å². The second-order valence-corrected chi connectivity index (χ2v) is 8.12. The average molecular weight is 489 g/mol. The van der Waals surface area contributed by atoms with E-state index in [1.165, 1.54) is 6.92 Å². The summed E-state index contributed by atoms with van der Waals surface area (Å²) >= 11 is 0. The van der Waals surface area contributed by atoms with Crippen molar-refractivity contribution in [2.24, 2.45) is 0 Å². The predicted octanol–water partition coefficient (Wildman–Crippen LogP) is 6.20. The fourth-order valence-corrected chi connectivity index (χ4v) is 3.45. The van der Waals surface area contributed by atoms with E-state index in [1.54, 1.807) is 42.5 Å².